The van der Waals surface area contributed by atoms with Gasteiger partial charge in [0.25, 0.3) is 0 Å². The van der Waals surface area contributed by atoms with Gasteiger partial charge in [-0.15, -0.1) is 0 Å². The predicted molar refractivity (Wildman–Crippen MR) is 64.4 cm³/mol. The van der Waals surface area contributed by atoms with E-state index in [-0.39, 0.29) is 24.3 Å². The molecule has 1 aromatic carbocycles. The van der Waals surface area contributed by atoms with Gasteiger partial charge in [-0.25, -0.2) is 17.9 Å². The van der Waals surface area contributed by atoms with Crippen LogP contribution in [0.25, 0.3) is 0 Å². The minimum atomic E-state index is -4.06. The number of benzene rings is 1. The van der Waals surface area contributed by atoms with E-state index in [4.69, 9.17) is 9.88 Å². The number of nitrogens with two attached hydrogens (primary N) is 1. The van der Waals surface area contributed by atoms with E-state index in [2.05, 4.69) is 5.32 Å². The first-order valence-electron chi connectivity index (χ1n) is 5.61. The Bertz CT molecular complexity index is 603. The highest BCUT2D eigenvalue weighted by molar-refractivity contribution is 7.89. The molecule has 0 saturated carbocycles. The first-order valence-corrected chi connectivity index (χ1v) is 7.15. The molecular weight excluding hydrogens is 275 g/mol. The average molecular weight is 288 g/mol. The van der Waals surface area contributed by atoms with Gasteiger partial charge < -0.3 is 10.1 Å². The zero-order valence-electron chi connectivity index (χ0n) is 9.93. The van der Waals surface area contributed by atoms with Gasteiger partial charge in [-0.2, -0.15) is 0 Å². The SMILES string of the molecule is NS(=O)(=O)c1cc(F)ccc1OCC1CCC(=O)N1. The molecular formula is C11H13FN2O4S. The van der Waals surface area contributed by atoms with Crippen molar-refractivity contribution >= 4 is 15.9 Å². The molecule has 1 fully saturated rings. The molecule has 1 atom stereocenters. The smallest absolute Gasteiger partial charge is 0.241 e. The lowest BCUT2D eigenvalue weighted by atomic mass is 10.2. The van der Waals surface area contributed by atoms with Crippen molar-refractivity contribution in [3.63, 3.8) is 0 Å². The lowest BCUT2D eigenvalue weighted by Gasteiger charge is -2.14. The predicted octanol–water partition coefficient (Wildman–Crippen LogP) is 0.131. The van der Waals surface area contributed by atoms with Crippen LogP contribution in [0.15, 0.2) is 23.1 Å². The topological polar surface area (TPSA) is 98.5 Å². The van der Waals surface area contributed by atoms with Gasteiger partial charge in [-0.3, -0.25) is 4.79 Å². The van der Waals surface area contributed by atoms with Crippen molar-refractivity contribution in [1.29, 1.82) is 0 Å². The van der Waals surface area contributed by atoms with Crippen molar-refractivity contribution in [1.82, 2.24) is 5.32 Å². The third kappa shape index (κ3) is 3.42. The van der Waals surface area contributed by atoms with Crippen molar-refractivity contribution in [3.8, 4) is 5.75 Å². The summed E-state index contributed by atoms with van der Waals surface area (Å²) in [6, 6.07) is 2.91. The third-order valence-electron chi connectivity index (χ3n) is 2.74. The van der Waals surface area contributed by atoms with Crippen LogP contribution in [0.5, 0.6) is 5.75 Å². The van der Waals surface area contributed by atoms with Gasteiger partial charge in [0.15, 0.2) is 0 Å². The van der Waals surface area contributed by atoms with E-state index in [0.29, 0.717) is 12.8 Å². The number of carbonyl (C=O) groups excluding carboxylic acids is 1. The Balaban J connectivity index is 2.14. The number of amides is 1. The number of rotatable bonds is 4. The number of nitrogens with one attached hydrogen (secondary N) is 1. The van der Waals surface area contributed by atoms with E-state index in [9.17, 15) is 17.6 Å². The van der Waals surface area contributed by atoms with Gasteiger partial charge in [-0.05, 0) is 24.6 Å². The third-order valence-corrected chi connectivity index (χ3v) is 3.67. The van der Waals surface area contributed by atoms with E-state index in [1.165, 1.54) is 6.07 Å². The maximum absolute atomic E-state index is 13.0. The first kappa shape index (κ1) is 13.8. The number of hydrogen-bond donors (Lipinski definition) is 2. The van der Waals surface area contributed by atoms with Crippen LogP contribution in [0.2, 0.25) is 0 Å². The van der Waals surface area contributed by atoms with Crippen LogP contribution in [0.1, 0.15) is 12.8 Å². The standard InChI is InChI=1S/C11H13FN2O4S/c12-7-1-3-9(10(5-7)19(13,16)17)18-6-8-2-4-11(15)14-8/h1,3,5,8H,2,4,6H2,(H,14,15)(H2,13,16,17). The van der Waals surface area contributed by atoms with Crippen LogP contribution in [-0.4, -0.2) is 27.0 Å². The van der Waals surface area contributed by atoms with Gasteiger partial charge in [0, 0.05) is 6.42 Å². The van der Waals surface area contributed by atoms with Crippen LogP contribution < -0.4 is 15.2 Å². The summed E-state index contributed by atoms with van der Waals surface area (Å²) in [7, 11) is -4.06. The number of sulfonamides is 1. The van der Waals surface area contributed by atoms with E-state index in [1.807, 2.05) is 0 Å². The Morgan fingerprint density at radius 2 is 2.21 bits per heavy atom. The fourth-order valence-electron chi connectivity index (χ4n) is 1.82. The summed E-state index contributed by atoms with van der Waals surface area (Å²) in [5.74, 6) is -0.810. The molecule has 2 rings (SSSR count). The molecule has 1 aliphatic rings. The highest BCUT2D eigenvalue weighted by Gasteiger charge is 2.23. The quantitative estimate of drug-likeness (QED) is 0.822. The van der Waals surface area contributed by atoms with Crippen molar-refractivity contribution in [2.75, 3.05) is 6.61 Å². The number of carbonyl (C=O) groups is 1. The monoisotopic (exact) mass is 288 g/mol. The molecule has 0 aliphatic carbocycles. The minimum absolute atomic E-state index is 0.0231. The van der Waals surface area contributed by atoms with Gasteiger partial charge in [0.2, 0.25) is 15.9 Å². The average Bonchev–Trinajstić information content (AvgIpc) is 2.72. The van der Waals surface area contributed by atoms with Gasteiger partial charge in [-0.1, -0.05) is 0 Å². The van der Waals surface area contributed by atoms with E-state index in [0.717, 1.165) is 12.1 Å². The highest BCUT2D eigenvalue weighted by atomic mass is 32.2. The Labute approximate surface area is 109 Å². The summed E-state index contributed by atoms with van der Waals surface area (Å²) in [5, 5.41) is 7.66. The summed E-state index contributed by atoms with van der Waals surface area (Å²) in [6.45, 7) is 0.111. The number of primary sulfonamides is 1. The molecule has 6 nitrogen and oxygen atoms in total. The molecule has 1 amide bonds. The molecule has 0 radical (unpaired) electrons. The van der Waals surface area contributed by atoms with Crippen molar-refractivity contribution in [2.24, 2.45) is 5.14 Å². The second kappa shape index (κ2) is 5.14. The number of ether oxygens (including phenoxy) is 1. The Hall–Kier alpha value is -1.67. The second-order valence-electron chi connectivity index (χ2n) is 4.25. The fraction of sp³-hybridized carbons (Fsp3) is 0.364. The van der Waals surface area contributed by atoms with Crippen molar-refractivity contribution in [3.05, 3.63) is 24.0 Å². The van der Waals surface area contributed by atoms with Crippen LogP contribution in [-0.2, 0) is 14.8 Å². The molecule has 0 spiro atoms. The zero-order valence-corrected chi connectivity index (χ0v) is 10.7. The molecule has 8 heteroatoms. The second-order valence-corrected chi connectivity index (χ2v) is 5.78. The van der Waals surface area contributed by atoms with E-state index < -0.39 is 20.7 Å². The summed E-state index contributed by atoms with van der Waals surface area (Å²) in [4.78, 5) is 10.6. The van der Waals surface area contributed by atoms with Gasteiger partial charge >= 0.3 is 0 Å². The molecule has 104 valence electrons. The van der Waals surface area contributed by atoms with Crippen LogP contribution in [0, 0.1) is 5.82 Å². The van der Waals surface area contributed by atoms with Crippen LogP contribution >= 0.6 is 0 Å². The summed E-state index contributed by atoms with van der Waals surface area (Å²) < 4.78 is 41.0. The summed E-state index contributed by atoms with van der Waals surface area (Å²) >= 11 is 0. The molecule has 1 saturated heterocycles. The maximum Gasteiger partial charge on any atom is 0.241 e. The molecule has 1 aliphatic heterocycles. The van der Waals surface area contributed by atoms with E-state index >= 15 is 0 Å². The molecule has 1 heterocycles. The fourth-order valence-corrected chi connectivity index (χ4v) is 2.50. The van der Waals surface area contributed by atoms with E-state index in [1.54, 1.807) is 0 Å². The molecule has 3 N–H and O–H groups in total. The Morgan fingerprint density at radius 1 is 1.47 bits per heavy atom. The summed E-state index contributed by atoms with van der Waals surface area (Å²) in [6.07, 6.45) is 1.03. The number of hydrogen-bond acceptors (Lipinski definition) is 4. The molecule has 1 aromatic rings. The molecule has 0 bridgehead atoms. The summed E-state index contributed by atoms with van der Waals surface area (Å²) in [5.41, 5.74) is 0. The number of halogens is 1. The highest BCUT2D eigenvalue weighted by Crippen LogP contribution is 2.24. The van der Waals surface area contributed by atoms with Crippen LogP contribution in [0.4, 0.5) is 4.39 Å². The maximum atomic E-state index is 13.0. The largest absolute Gasteiger partial charge is 0.490 e. The molecule has 0 aromatic heterocycles. The van der Waals surface area contributed by atoms with Gasteiger partial charge in [0.05, 0.1) is 6.04 Å². The lowest BCUT2D eigenvalue weighted by molar-refractivity contribution is -0.119. The molecule has 1 unspecified atom stereocenters. The normalized spacial score (nSPS) is 19.3. The minimum Gasteiger partial charge on any atom is -0.490 e. The Kier molecular flexibility index (Phi) is 3.72. The Morgan fingerprint density at radius 3 is 2.79 bits per heavy atom. The zero-order chi connectivity index (χ0) is 14.0. The molecule has 19 heavy (non-hydrogen) atoms. The van der Waals surface area contributed by atoms with Crippen LogP contribution in [0.3, 0.4) is 0 Å². The lowest BCUT2D eigenvalue weighted by Crippen LogP contribution is -2.31. The first-order chi connectivity index (χ1) is 8.86. The van der Waals surface area contributed by atoms with Crippen molar-refractivity contribution < 1.29 is 22.3 Å². The van der Waals surface area contributed by atoms with Crippen molar-refractivity contribution in [2.45, 2.75) is 23.8 Å². The van der Waals surface area contributed by atoms with Gasteiger partial charge in [0.1, 0.15) is 23.1 Å².